The van der Waals surface area contributed by atoms with Crippen molar-refractivity contribution in [2.45, 2.75) is 58.1 Å². The lowest BCUT2D eigenvalue weighted by molar-refractivity contribution is 0.0793. The topological polar surface area (TPSA) is 87.6 Å². The standard InChI is InChI=1S/C29H30N4O3S.CH4/c34-26-9-2-1-8-23(26)31-29-32-24-11-10-21(18-27(24)37-29)36-22-12-13-30-25(17-22)19-6-5-7-20(16-19)28(35)33-14-3-4-15-33;/h5-7,10-13,16-18,23,26,34H,1-4,8-9,14-15H2,(H,31,32);1H4/t23-,26-;/m1./s1. The van der Waals surface area contributed by atoms with Crippen LogP contribution in [0.25, 0.3) is 21.5 Å². The molecule has 1 saturated heterocycles. The molecule has 7 nitrogen and oxygen atoms in total. The number of aromatic nitrogens is 2. The highest BCUT2D eigenvalue weighted by Crippen LogP contribution is 2.33. The van der Waals surface area contributed by atoms with Crippen LogP contribution >= 0.6 is 11.3 Å². The van der Waals surface area contributed by atoms with Crippen LogP contribution in [-0.2, 0) is 0 Å². The van der Waals surface area contributed by atoms with Crippen LogP contribution < -0.4 is 10.1 Å². The third kappa shape index (κ3) is 5.66. The summed E-state index contributed by atoms with van der Waals surface area (Å²) in [6.07, 6.45) is 7.56. The minimum absolute atomic E-state index is 0. The monoisotopic (exact) mass is 530 g/mol. The fraction of sp³-hybridized carbons (Fsp3) is 0.367. The second-order valence-electron chi connectivity index (χ2n) is 9.81. The summed E-state index contributed by atoms with van der Waals surface area (Å²) in [7, 11) is 0. The van der Waals surface area contributed by atoms with E-state index < -0.39 is 0 Å². The Balaban J connectivity index is 0.00000294. The number of thiazole rings is 1. The quantitative estimate of drug-likeness (QED) is 0.287. The molecule has 0 spiro atoms. The molecule has 2 atom stereocenters. The van der Waals surface area contributed by atoms with Gasteiger partial charge in [0.1, 0.15) is 11.5 Å². The maximum absolute atomic E-state index is 12.8. The number of nitrogens with one attached hydrogen (secondary N) is 1. The van der Waals surface area contributed by atoms with Gasteiger partial charge in [0.15, 0.2) is 5.13 Å². The molecule has 2 aromatic heterocycles. The zero-order valence-corrected chi connectivity index (χ0v) is 21.4. The number of amides is 1. The zero-order valence-electron chi connectivity index (χ0n) is 20.6. The first-order valence-electron chi connectivity index (χ1n) is 13.0. The smallest absolute Gasteiger partial charge is 0.253 e. The Morgan fingerprint density at radius 2 is 1.82 bits per heavy atom. The molecule has 198 valence electrons. The molecule has 1 aliphatic carbocycles. The number of benzene rings is 2. The van der Waals surface area contributed by atoms with E-state index in [1.54, 1.807) is 17.5 Å². The van der Waals surface area contributed by atoms with E-state index in [2.05, 4.69) is 10.3 Å². The molecule has 4 aromatic rings. The van der Waals surface area contributed by atoms with E-state index in [4.69, 9.17) is 9.72 Å². The third-order valence-corrected chi connectivity index (χ3v) is 8.11. The molecule has 1 aliphatic heterocycles. The van der Waals surface area contributed by atoms with E-state index in [9.17, 15) is 9.90 Å². The summed E-state index contributed by atoms with van der Waals surface area (Å²) in [5.74, 6) is 1.47. The maximum Gasteiger partial charge on any atom is 0.253 e. The largest absolute Gasteiger partial charge is 0.457 e. The van der Waals surface area contributed by atoms with Gasteiger partial charge in [-0.25, -0.2) is 4.98 Å². The van der Waals surface area contributed by atoms with Crippen molar-refractivity contribution >= 4 is 32.6 Å². The van der Waals surface area contributed by atoms with Crippen LogP contribution in [0.3, 0.4) is 0 Å². The van der Waals surface area contributed by atoms with E-state index in [-0.39, 0.29) is 25.5 Å². The summed E-state index contributed by atoms with van der Waals surface area (Å²) in [5, 5.41) is 14.5. The number of rotatable bonds is 6. The van der Waals surface area contributed by atoms with Crippen LogP contribution in [0.5, 0.6) is 11.5 Å². The van der Waals surface area contributed by atoms with Gasteiger partial charge in [0.05, 0.1) is 28.1 Å². The van der Waals surface area contributed by atoms with E-state index in [0.29, 0.717) is 11.3 Å². The third-order valence-electron chi connectivity index (χ3n) is 7.16. The van der Waals surface area contributed by atoms with Crippen molar-refractivity contribution in [3.05, 3.63) is 66.4 Å². The van der Waals surface area contributed by atoms with Gasteiger partial charge in [-0.15, -0.1) is 0 Å². The van der Waals surface area contributed by atoms with E-state index in [0.717, 1.165) is 84.0 Å². The lowest BCUT2D eigenvalue weighted by Crippen LogP contribution is -2.36. The summed E-state index contributed by atoms with van der Waals surface area (Å²) >= 11 is 1.57. The van der Waals surface area contributed by atoms with Crippen molar-refractivity contribution < 1.29 is 14.6 Å². The van der Waals surface area contributed by atoms with Crippen molar-refractivity contribution in [2.24, 2.45) is 0 Å². The molecule has 8 heteroatoms. The summed E-state index contributed by atoms with van der Waals surface area (Å²) in [6, 6.07) is 17.3. The van der Waals surface area contributed by atoms with Crippen LogP contribution in [-0.4, -0.2) is 51.1 Å². The average molecular weight is 531 g/mol. The predicted octanol–water partition coefficient (Wildman–Crippen LogP) is 6.74. The molecule has 0 radical (unpaired) electrons. The van der Waals surface area contributed by atoms with Gasteiger partial charge >= 0.3 is 0 Å². The second-order valence-corrected chi connectivity index (χ2v) is 10.8. The van der Waals surface area contributed by atoms with E-state index >= 15 is 0 Å². The minimum Gasteiger partial charge on any atom is -0.457 e. The summed E-state index contributed by atoms with van der Waals surface area (Å²) < 4.78 is 7.21. The van der Waals surface area contributed by atoms with Crippen molar-refractivity contribution in [1.29, 1.82) is 0 Å². The average Bonchev–Trinajstić information content (AvgIpc) is 3.60. The van der Waals surface area contributed by atoms with Crippen LogP contribution in [0.1, 0.15) is 56.3 Å². The molecule has 0 unspecified atom stereocenters. The molecule has 38 heavy (non-hydrogen) atoms. The van der Waals surface area contributed by atoms with Crippen molar-refractivity contribution in [3.8, 4) is 22.8 Å². The first kappa shape index (κ1) is 26.1. The van der Waals surface area contributed by atoms with E-state index in [1.165, 1.54) is 0 Å². The van der Waals surface area contributed by atoms with Crippen molar-refractivity contribution in [3.63, 3.8) is 0 Å². The predicted molar refractivity (Wildman–Crippen MR) is 153 cm³/mol. The highest BCUT2D eigenvalue weighted by molar-refractivity contribution is 7.22. The van der Waals surface area contributed by atoms with Crippen molar-refractivity contribution in [1.82, 2.24) is 14.9 Å². The lowest BCUT2D eigenvalue weighted by Gasteiger charge is -2.27. The highest BCUT2D eigenvalue weighted by atomic mass is 32.1. The Kier molecular flexibility index (Phi) is 7.90. The normalized spacial score (nSPS) is 19.2. The SMILES string of the molecule is C.O=C(c1cccc(-c2cc(Oc3ccc4nc(N[C@@H]5CCCC[C@H]5O)sc4c3)ccn2)c1)N1CCCC1. The first-order chi connectivity index (χ1) is 18.1. The summed E-state index contributed by atoms with van der Waals surface area (Å²) in [5.41, 5.74) is 3.23. The summed E-state index contributed by atoms with van der Waals surface area (Å²) in [4.78, 5) is 24.0. The molecule has 6 rings (SSSR count). The fourth-order valence-corrected chi connectivity index (χ4v) is 6.11. The van der Waals surface area contributed by atoms with Gasteiger partial charge < -0.3 is 20.1 Å². The van der Waals surface area contributed by atoms with Crippen molar-refractivity contribution in [2.75, 3.05) is 18.4 Å². The molecule has 3 heterocycles. The molecule has 2 aromatic carbocycles. The number of hydrogen-bond donors (Lipinski definition) is 2. The number of likely N-dealkylation sites (tertiary alicyclic amines) is 1. The Morgan fingerprint density at radius 3 is 2.66 bits per heavy atom. The zero-order chi connectivity index (χ0) is 25.2. The molecule has 0 bridgehead atoms. The molecule has 2 N–H and O–H groups in total. The number of carbonyl (C=O) groups is 1. The van der Waals surface area contributed by atoms with Gasteiger partial charge in [-0.1, -0.05) is 43.7 Å². The Bertz CT molecular complexity index is 1420. The lowest BCUT2D eigenvalue weighted by atomic mass is 9.93. The number of hydrogen-bond acceptors (Lipinski definition) is 7. The van der Waals surface area contributed by atoms with Gasteiger partial charge in [-0.05, 0) is 56.0 Å². The number of aliphatic hydroxyl groups is 1. The van der Waals surface area contributed by atoms with Gasteiger partial charge in [0.2, 0.25) is 0 Å². The number of pyridine rings is 1. The molecule has 2 fully saturated rings. The number of carbonyl (C=O) groups excluding carboxylic acids is 1. The Morgan fingerprint density at radius 1 is 1.00 bits per heavy atom. The van der Waals surface area contributed by atoms with Gasteiger partial charge in [0, 0.05) is 42.5 Å². The molecule has 1 amide bonds. The van der Waals surface area contributed by atoms with Crippen LogP contribution in [0, 0.1) is 0 Å². The van der Waals surface area contributed by atoms with Crippen LogP contribution in [0.2, 0.25) is 0 Å². The molecular weight excluding hydrogens is 496 g/mol. The molecule has 1 saturated carbocycles. The molecule has 2 aliphatic rings. The second kappa shape index (κ2) is 11.5. The first-order valence-corrected chi connectivity index (χ1v) is 13.8. The number of aliphatic hydroxyl groups excluding tert-OH is 1. The van der Waals surface area contributed by atoms with E-state index in [1.807, 2.05) is 59.5 Å². The molecular formula is C30H34N4O3S. The van der Waals surface area contributed by atoms with Crippen LogP contribution in [0.4, 0.5) is 5.13 Å². The fourth-order valence-electron chi connectivity index (χ4n) is 5.15. The minimum atomic E-state index is -0.320. The van der Waals surface area contributed by atoms with Gasteiger partial charge in [-0.2, -0.15) is 0 Å². The number of anilines is 1. The summed E-state index contributed by atoms with van der Waals surface area (Å²) in [6.45, 7) is 1.66. The Hall–Kier alpha value is -3.49. The van der Waals surface area contributed by atoms with Gasteiger partial charge in [0.25, 0.3) is 5.91 Å². The highest BCUT2D eigenvalue weighted by Gasteiger charge is 2.24. The maximum atomic E-state index is 12.8. The number of ether oxygens (including phenoxy) is 1. The van der Waals surface area contributed by atoms with Gasteiger partial charge in [-0.3, -0.25) is 9.78 Å². The van der Waals surface area contributed by atoms with Crippen LogP contribution in [0.15, 0.2) is 60.8 Å². The Labute approximate surface area is 227 Å². The number of fused-ring (bicyclic) bond motifs is 1. The number of nitrogens with zero attached hydrogens (tertiary/aromatic N) is 3.